The summed E-state index contributed by atoms with van der Waals surface area (Å²) in [5, 5.41) is 14.6. The number of nitrogens with one attached hydrogen (secondary N) is 2. The summed E-state index contributed by atoms with van der Waals surface area (Å²) in [5.74, 6) is -0.113. The van der Waals surface area contributed by atoms with Crippen LogP contribution in [0.15, 0.2) is 54.6 Å². The van der Waals surface area contributed by atoms with Crippen molar-refractivity contribution in [2.75, 3.05) is 7.11 Å². The van der Waals surface area contributed by atoms with Gasteiger partial charge in [0.15, 0.2) is 0 Å². The number of benzene rings is 2. The molecule has 0 bridgehead atoms. The average molecular weight is 356 g/mol. The minimum atomic E-state index is -0.872. The van der Waals surface area contributed by atoms with Crippen LogP contribution in [0.4, 0.5) is 4.79 Å². The van der Waals surface area contributed by atoms with Crippen molar-refractivity contribution in [1.82, 2.24) is 10.6 Å². The second-order valence-corrected chi connectivity index (χ2v) is 5.99. The summed E-state index contributed by atoms with van der Waals surface area (Å²) in [6, 6.07) is 16.6. The number of aliphatic carboxylic acids is 1. The van der Waals surface area contributed by atoms with E-state index in [-0.39, 0.29) is 18.5 Å². The van der Waals surface area contributed by atoms with Crippen molar-refractivity contribution in [3.8, 4) is 5.75 Å². The van der Waals surface area contributed by atoms with Crippen LogP contribution in [0.5, 0.6) is 5.75 Å². The lowest BCUT2D eigenvalue weighted by molar-refractivity contribution is -0.137. The zero-order valence-corrected chi connectivity index (χ0v) is 14.8. The maximum Gasteiger partial charge on any atom is 0.315 e. The highest BCUT2D eigenvalue weighted by Crippen LogP contribution is 2.11. The Morgan fingerprint density at radius 3 is 2.35 bits per heavy atom. The van der Waals surface area contributed by atoms with Gasteiger partial charge in [0.05, 0.1) is 7.11 Å². The van der Waals surface area contributed by atoms with Crippen molar-refractivity contribution in [3.05, 3.63) is 65.7 Å². The molecule has 138 valence electrons. The van der Waals surface area contributed by atoms with Gasteiger partial charge in [-0.25, -0.2) is 4.79 Å². The Balaban J connectivity index is 1.88. The van der Waals surface area contributed by atoms with E-state index in [9.17, 15) is 9.59 Å². The maximum absolute atomic E-state index is 12.2. The Hall–Kier alpha value is -3.02. The summed E-state index contributed by atoms with van der Waals surface area (Å²) < 4.78 is 5.10. The number of rotatable bonds is 9. The summed E-state index contributed by atoms with van der Waals surface area (Å²) in [6.45, 7) is 0.382. The second-order valence-electron chi connectivity index (χ2n) is 5.99. The fourth-order valence-electron chi connectivity index (χ4n) is 2.58. The number of carbonyl (C=O) groups is 2. The van der Waals surface area contributed by atoms with Crippen LogP contribution in [-0.2, 0) is 17.8 Å². The third-order valence-electron chi connectivity index (χ3n) is 3.98. The molecule has 3 N–H and O–H groups in total. The van der Waals surface area contributed by atoms with Crippen molar-refractivity contribution in [3.63, 3.8) is 0 Å². The van der Waals surface area contributed by atoms with Gasteiger partial charge in [-0.3, -0.25) is 4.79 Å². The van der Waals surface area contributed by atoms with Gasteiger partial charge in [0.25, 0.3) is 0 Å². The molecule has 1 atom stereocenters. The molecule has 2 aromatic rings. The molecule has 0 fully saturated rings. The normalized spacial score (nSPS) is 11.4. The lowest BCUT2D eigenvalue weighted by Crippen LogP contribution is -2.43. The Kier molecular flexibility index (Phi) is 7.49. The largest absolute Gasteiger partial charge is 0.497 e. The number of hydrogen-bond donors (Lipinski definition) is 3. The van der Waals surface area contributed by atoms with Crippen LogP contribution in [0.2, 0.25) is 0 Å². The highest BCUT2D eigenvalue weighted by Gasteiger charge is 2.14. The van der Waals surface area contributed by atoms with Gasteiger partial charge in [-0.05, 0) is 36.1 Å². The molecular formula is C20H24N2O4. The van der Waals surface area contributed by atoms with Gasteiger partial charge >= 0.3 is 12.0 Å². The lowest BCUT2D eigenvalue weighted by Gasteiger charge is -2.19. The van der Waals surface area contributed by atoms with Gasteiger partial charge in [-0.1, -0.05) is 42.5 Å². The summed E-state index contributed by atoms with van der Waals surface area (Å²) >= 11 is 0. The van der Waals surface area contributed by atoms with E-state index in [0.29, 0.717) is 19.4 Å². The molecule has 0 heterocycles. The number of ether oxygens (including phenoxy) is 1. The van der Waals surface area contributed by atoms with Crippen LogP contribution in [0.25, 0.3) is 0 Å². The van der Waals surface area contributed by atoms with E-state index in [2.05, 4.69) is 10.6 Å². The minimum absolute atomic E-state index is 0.0102. The number of carboxylic acid groups (broad SMARTS) is 1. The molecule has 0 radical (unpaired) electrons. The Bertz CT molecular complexity index is 702. The fourth-order valence-corrected chi connectivity index (χ4v) is 2.58. The first kappa shape index (κ1) is 19.3. The standard InChI is InChI=1S/C20H24N2O4/c1-26-18-10-7-16(8-11-18)14-21-20(25)22-17(9-12-19(23)24)13-15-5-3-2-4-6-15/h2-8,10-11,17H,9,12-14H2,1H3,(H,23,24)(H2,21,22,25). The van der Waals surface area contributed by atoms with Crippen molar-refractivity contribution >= 4 is 12.0 Å². The van der Waals surface area contributed by atoms with E-state index in [0.717, 1.165) is 16.9 Å². The molecule has 2 amide bonds. The molecule has 0 saturated heterocycles. The summed E-state index contributed by atoms with van der Waals surface area (Å²) in [4.78, 5) is 23.1. The number of amides is 2. The van der Waals surface area contributed by atoms with Gasteiger partial charge in [0.1, 0.15) is 5.75 Å². The molecule has 2 rings (SSSR count). The molecule has 6 nitrogen and oxygen atoms in total. The highest BCUT2D eigenvalue weighted by atomic mass is 16.5. The zero-order valence-electron chi connectivity index (χ0n) is 14.8. The molecule has 0 aliphatic rings. The SMILES string of the molecule is COc1ccc(CNC(=O)NC(CCC(=O)O)Cc2ccccc2)cc1. The fraction of sp³-hybridized carbons (Fsp3) is 0.300. The summed E-state index contributed by atoms with van der Waals surface area (Å²) in [7, 11) is 1.60. The number of hydrogen-bond acceptors (Lipinski definition) is 3. The monoisotopic (exact) mass is 356 g/mol. The lowest BCUT2D eigenvalue weighted by atomic mass is 10.0. The maximum atomic E-state index is 12.2. The van der Waals surface area contributed by atoms with Gasteiger partial charge in [0.2, 0.25) is 0 Å². The van der Waals surface area contributed by atoms with E-state index in [4.69, 9.17) is 9.84 Å². The molecule has 26 heavy (non-hydrogen) atoms. The zero-order chi connectivity index (χ0) is 18.8. The molecule has 6 heteroatoms. The van der Waals surface area contributed by atoms with Crippen LogP contribution < -0.4 is 15.4 Å². The smallest absolute Gasteiger partial charge is 0.315 e. The highest BCUT2D eigenvalue weighted by molar-refractivity contribution is 5.74. The summed E-state index contributed by atoms with van der Waals surface area (Å²) in [5.41, 5.74) is 2.00. The average Bonchev–Trinajstić information content (AvgIpc) is 2.65. The molecule has 0 aromatic heterocycles. The van der Waals surface area contributed by atoms with Gasteiger partial charge in [-0.15, -0.1) is 0 Å². The second kappa shape index (κ2) is 10.1. The van der Waals surface area contributed by atoms with Crippen molar-refractivity contribution in [2.24, 2.45) is 0 Å². The number of carboxylic acids is 1. The van der Waals surface area contributed by atoms with Crippen molar-refractivity contribution in [2.45, 2.75) is 31.8 Å². The molecule has 0 aliphatic heterocycles. The summed E-state index contributed by atoms with van der Waals surface area (Å²) in [6.07, 6.45) is 0.973. The topological polar surface area (TPSA) is 87.7 Å². The van der Waals surface area contributed by atoms with Crippen LogP contribution in [-0.4, -0.2) is 30.3 Å². The molecule has 0 spiro atoms. The predicted octanol–water partition coefficient (Wildman–Crippen LogP) is 2.97. The third-order valence-corrected chi connectivity index (χ3v) is 3.98. The van der Waals surface area contributed by atoms with Crippen molar-refractivity contribution in [1.29, 1.82) is 0 Å². The van der Waals surface area contributed by atoms with E-state index in [1.807, 2.05) is 54.6 Å². The Labute approximate surface area is 153 Å². The number of carbonyl (C=O) groups excluding carboxylic acids is 1. The van der Waals surface area contributed by atoms with Crippen LogP contribution in [0, 0.1) is 0 Å². The van der Waals surface area contributed by atoms with Gasteiger partial charge in [-0.2, -0.15) is 0 Å². The number of methoxy groups -OCH3 is 1. The van der Waals surface area contributed by atoms with Gasteiger partial charge < -0.3 is 20.5 Å². The van der Waals surface area contributed by atoms with E-state index in [1.165, 1.54) is 0 Å². The first-order valence-electron chi connectivity index (χ1n) is 8.50. The first-order valence-corrected chi connectivity index (χ1v) is 8.50. The molecule has 2 aromatic carbocycles. The van der Waals surface area contributed by atoms with Crippen molar-refractivity contribution < 1.29 is 19.4 Å². The van der Waals surface area contributed by atoms with E-state index < -0.39 is 5.97 Å². The first-order chi connectivity index (χ1) is 12.6. The van der Waals surface area contributed by atoms with Crippen LogP contribution in [0.1, 0.15) is 24.0 Å². The molecule has 0 saturated carbocycles. The Morgan fingerprint density at radius 2 is 1.73 bits per heavy atom. The molecular weight excluding hydrogens is 332 g/mol. The quantitative estimate of drug-likeness (QED) is 0.645. The van der Waals surface area contributed by atoms with E-state index >= 15 is 0 Å². The number of urea groups is 1. The Morgan fingerprint density at radius 1 is 1.04 bits per heavy atom. The van der Waals surface area contributed by atoms with Gasteiger partial charge in [0, 0.05) is 19.0 Å². The van der Waals surface area contributed by atoms with E-state index in [1.54, 1.807) is 7.11 Å². The van der Waals surface area contributed by atoms with Crippen LogP contribution >= 0.6 is 0 Å². The predicted molar refractivity (Wildman–Crippen MR) is 99.2 cm³/mol. The van der Waals surface area contributed by atoms with Crippen LogP contribution in [0.3, 0.4) is 0 Å². The molecule has 0 aliphatic carbocycles. The molecule has 1 unspecified atom stereocenters. The third kappa shape index (κ3) is 6.84. The minimum Gasteiger partial charge on any atom is -0.497 e.